The normalized spacial score (nSPS) is 17.0. The molecule has 0 aromatic heterocycles. The monoisotopic (exact) mass is 347 g/mol. The number of rotatable bonds is 4. The smallest absolute Gasteiger partial charge is 0.266 e. The summed E-state index contributed by atoms with van der Waals surface area (Å²) < 4.78 is 6.02. The van der Waals surface area contributed by atoms with Crippen molar-refractivity contribution in [3.05, 3.63) is 65.2 Å². The molecule has 1 heterocycles. The van der Waals surface area contributed by atoms with Crippen LogP contribution in [0.3, 0.4) is 0 Å². The minimum absolute atomic E-state index is 0.0154. The number of carbonyl (C=O) groups excluding carboxylic acids is 1. The van der Waals surface area contributed by atoms with E-state index in [0.29, 0.717) is 5.75 Å². The van der Waals surface area contributed by atoms with Crippen LogP contribution in [0.1, 0.15) is 49.4 Å². The van der Waals surface area contributed by atoms with Gasteiger partial charge in [-0.2, -0.15) is 0 Å². The Kier molecular flexibility index (Phi) is 5.04. The highest BCUT2D eigenvalue weighted by atomic mass is 16.5. The summed E-state index contributed by atoms with van der Waals surface area (Å²) >= 11 is 0. The summed E-state index contributed by atoms with van der Waals surface area (Å²) in [5.41, 5.74) is 2.27. The average molecular weight is 347 g/mol. The van der Waals surface area contributed by atoms with Crippen molar-refractivity contribution in [2.75, 3.05) is 6.54 Å². The average Bonchev–Trinajstić information content (AvgIpc) is 3.11. The zero-order valence-electron chi connectivity index (χ0n) is 15.7. The molecule has 1 atom stereocenters. The molecule has 1 amide bonds. The number of terminal acetylenes is 1. The molecule has 0 bridgehead atoms. The first-order valence-corrected chi connectivity index (χ1v) is 9.04. The van der Waals surface area contributed by atoms with Crippen molar-refractivity contribution in [3.8, 4) is 18.1 Å². The van der Waals surface area contributed by atoms with Crippen LogP contribution in [0.25, 0.3) is 0 Å². The van der Waals surface area contributed by atoms with Crippen LogP contribution in [0.2, 0.25) is 0 Å². The van der Waals surface area contributed by atoms with Gasteiger partial charge in [0.2, 0.25) is 0 Å². The van der Waals surface area contributed by atoms with Crippen molar-refractivity contribution >= 4 is 5.91 Å². The Hall–Kier alpha value is -2.73. The van der Waals surface area contributed by atoms with Gasteiger partial charge in [-0.1, -0.05) is 35.7 Å². The van der Waals surface area contributed by atoms with Gasteiger partial charge in [0, 0.05) is 12.1 Å². The van der Waals surface area contributed by atoms with Crippen LogP contribution < -0.4 is 4.74 Å². The van der Waals surface area contributed by atoms with Crippen LogP contribution in [0.5, 0.6) is 5.75 Å². The molecule has 0 saturated carbocycles. The molecule has 1 saturated heterocycles. The zero-order valence-corrected chi connectivity index (χ0v) is 15.7. The van der Waals surface area contributed by atoms with Gasteiger partial charge in [0.1, 0.15) is 5.75 Å². The fourth-order valence-corrected chi connectivity index (χ4v) is 3.45. The van der Waals surface area contributed by atoms with Crippen molar-refractivity contribution in [2.24, 2.45) is 0 Å². The first kappa shape index (κ1) is 18.1. The molecule has 2 aromatic carbocycles. The number of nitrogens with zero attached hydrogens (tertiary/aromatic N) is 1. The van der Waals surface area contributed by atoms with E-state index in [1.165, 1.54) is 11.1 Å². The number of likely N-dealkylation sites (tertiary alicyclic amines) is 1. The van der Waals surface area contributed by atoms with Gasteiger partial charge in [-0.15, -0.1) is 6.42 Å². The van der Waals surface area contributed by atoms with Gasteiger partial charge in [-0.05, 0) is 63.4 Å². The molecule has 2 aromatic rings. The minimum Gasteiger partial charge on any atom is -0.478 e. The summed E-state index contributed by atoms with van der Waals surface area (Å²) in [6.07, 6.45) is 7.39. The molecule has 1 aliphatic heterocycles. The third-order valence-electron chi connectivity index (χ3n) is 4.88. The Labute approximate surface area is 156 Å². The third kappa shape index (κ3) is 3.75. The van der Waals surface area contributed by atoms with Gasteiger partial charge in [0.05, 0.1) is 6.04 Å². The maximum atomic E-state index is 13.2. The number of ether oxygens (including phenoxy) is 1. The van der Waals surface area contributed by atoms with E-state index in [4.69, 9.17) is 11.2 Å². The van der Waals surface area contributed by atoms with Crippen LogP contribution in [0.4, 0.5) is 0 Å². The number of hydrogen-bond acceptors (Lipinski definition) is 2. The summed E-state index contributed by atoms with van der Waals surface area (Å²) in [7, 11) is 0. The summed E-state index contributed by atoms with van der Waals surface area (Å²) in [6, 6.07) is 15.8. The number of aryl methyl sites for hydroxylation is 1. The molecule has 0 spiro atoms. The highest BCUT2D eigenvalue weighted by Gasteiger charge is 2.39. The first-order valence-electron chi connectivity index (χ1n) is 9.04. The highest BCUT2D eigenvalue weighted by Crippen LogP contribution is 2.34. The number of amides is 1. The molecule has 26 heavy (non-hydrogen) atoms. The van der Waals surface area contributed by atoms with Crippen molar-refractivity contribution < 1.29 is 9.53 Å². The Balaban J connectivity index is 1.77. The Bertz CT molecular complexity index is 813. The highest BCUT2D eigenvalue weighted by molar-refractivity contribution is 5.85. The molecule has 1 unspecified atom stereocenters. The Morgan fingerprint density at radius 2 is 1.81 bits per heavy atom. The molecule has 3 rings (SSSR count). The van der Waals surface area contributed by atoms with Crippen LogP contribution in [-0.2, 0) is 4.79 Å². The van der Waals surface area contributed by atoms with Gasteiger partial charge < -0.3 is 9.64 Å². The molecule has 1 fully saturated rings. The molecule has 3 nitrogen and oxygen atoms in total. The van der Waals surface area contributed by atoms with Crippen LogP contribution in [0, 0.1) is 19.3 Å². The molecular weight excluding hydrogens is 322 g/mol. The van der Waals surface area contributed by atoms with E-state index < -0.39 is 5.60 Å². The fourth-order valence-electron chi connectivity index (χ4n) is 3.45. The van der Waals surface area contributed by atoms with E-state index in [9.17, 15) is 4.79 Å². The lowest BCUT2D eigenvalue weighted by Gasteiger charge is -2.33. The molecule has 0 aliphatic carbocycles. The second kappa shape index (κ2) is 7.25. The van der Waals surface area contributed by atoms with Gasteiger partial charge >= 0.3 is 0 Å². The van der Waals surface area contributed by atoms with E-state index in [1.54, 1.807) is 0 Å². The van der Waals surface area contributed by atoms with E-state index in [2.05, 4.69) is 37.1 Å². The van der Waals surface area contributed by atoms with Gasteiger partial charge in [0.25, 0.3) is 5.91 Å². The van der Waals surface area contributed by atoms with Crippen molar-refractivity contribution in [2.45, 2.75) is 45.3 Å². The fraction of sp³-hybridized carbons (Fsp3) is 0.348. The summed E-state index contributed by atoms with van der Waals surface area (Å²) in [5, 5.41) is 0. The number of carbonyl (C=O) groups is 1. The standard InChI is InChI=1S/C23H25NO2/c1-5-18-10-14-20(15-11-18)26-23(3,4)22(25)24-16-6-7-21(24)19-12-8-17(2)9-13-19/h1,8-15,21H,6-7,16H2,2-4H3. The van der Waals surface area contributed by atoms with Gasteiger partial charge in [-0.3, -0.25) is 4.79 Å². The summed E-state index contributed by atoms with van der Waals surface area (Å²) in [4.78, 5) is 15.2. The van der Waals surface area contributed by atoms with E-state index in [1.807, 2.05) is 43.0 Å². The lowest BCUT2D eigenvalue weighted by Crippen LogP contribution is -2.48. The Morgan fingerprint density at radius 3 is 2.42 bits per heavy atom. The summed E-state index contributed by atoms with van der Waals surface area (Å²) in [5.74, 6) is 3.24. The number of benzene rings is 2. The van der Waals surface area contributed by atoms with Crippen LogP contribution in [-0.4, -0.2) is 23.0 Å². The van der Waals surface area contributed by atoms with Gasteiger partial charge in [0.15, 0.2) is 5.60 Å². The third-order valence-corrected chi connectivity index (χ3v) is 4.88. The van der Waals surface area contributed by atoms with Crippen LogP contribution in [0.15, 0.2) is 48.5 Å². The Morgan fingerprint density at radius 1 is 1.15 bits per heavy atom. The molecule has 0 N–H and O–H groups in total. The predicted molar refractivity (Wildman–Crippen MR) is 104 cm³/mol. The molecular formula is C23H25NO2. The maximum Gasteiger partial charge on any atom is 0.266 e. The van der Waals surface area contributed by atoms with Crippen molar-refractivity contribution in [3.63, 3.8) is 0 Å². The SMILES string of the molecule is C#Cc1ccc(OC(C)(C)C(=O)N2CCCC2c2ccc(C)cc2)cc1. The second-order valence-corrected chi connectivity index (χ2v) is 7.35. The predicted octanol–water partition coefficient (Wildman–Crippen LogP) is 4.50. The number of hydrogen-bond donors (Lipinski definition) is 0. The van der Waals surface area contributed by atoms with E-state index in [-0.39, 0.29) is 11.9 Å². The zero-order chi connectivity index (χ0) is 18.7. The van der Waals surface area contributed by atoms with Crippen LogP contribution >= 0.6 is 0 Å². The topological polar surface area (TPSA) is 29.5 Å². The van der Waals surface area contributed by atoms with Crippen molar-refractivity contribution in [1.82, 2.24) is 4.90 Å². The van der Waals surface area contributed by atoms with E-state index >= 15 is 0 Å². The largest absolute Gasteiger partial charge is 0.478 e. The molecule has 134 valence electrons. The lowest BCUT2D eigenvalue weighted by molar-refractivity contribution is -0.146. The van der Waals surface area contributed by atoms with Crippen molar-refractivity contribution in [1.29, 1.82) is 0 Å². The molecule has 1 aliphatic rings. The quantitative estimate of drug-likeness (QED) is 0.762. The first-order chi connectivity index (χ1) is 12.4. The molecule has 0 radical (unpaired) electrons. The van der Waals surface area contributed by atoms with E-state index in [0.717, 1.165) is 24.9 Å². The van der Waals surface area contributed by atoms with Gasteiger partial charge in [-0.25, -0.2) is 0 Å². The summed E-state index contributed by atoms with van der Waals surface area (Å²) in [6.45, 7) is 6.49. The second-order valence-electron chi connectivity index (χ2n) is 7.35. The lowest BCUT2D eigenvalue weighted by atomic mass is 10.0. The maximum absolute atomic E-state index is 13.2. The minimum atomic E-state index is -0.940. The molecule has 3 heteroatoms.